The van der Waals surface area contributed by atoms with E-state index < -0.39 is 0 Å². The van der Waals surface area contributed by atoms with E-state index in [0.717, 1.165) is 12.1 Å². The van der Waals surface area contributed by atoms with Crippen LogP contribution in [0.15, 0.2) is 18.2 Å². The van der Waals surface area contributed by atoms with Crippen LogP contribution in [0.2, 0.25) is 0 Å². The van der Waals surface area contributed by atoms with Crippen LogP contribution in [0.3, 0.4) is 0 Å². The van der Waals surface area contributed by atoms with Crippen molar-refractivity contribution in [2.24, 2.45) is 0 Å². The highest BCUT2D eigenvalue weighted by Gasteiger charge is 2.26. The van der Waals surface area contributed by atoms with Gasteiger partial charge in [0.15, 0.2) is 0 Å². The molecule has 1 amide bonds. The van der Waals surface area contributed by atoms with Crippen molar-refractivity contribution in [2.45, 2.75) is 37.5 Å². The van der Waals surface area contributed by atoms with Gasteiger partial charge in [-0.25, -0.2) is 0 Å². The lowest BCUT2D eigenvalue weighted by atomic mass is 10.1. The zero-order chi connectivity index (χ0) is 14.5. The third-order valence-corrected chi connectivity index (χ3v) is 4.92. The van der Waals surface area contributed by atoms with Crippen molar-refractivity contribution in [3.8, 4) is 0 Å². The SMILES string of the molecule is CCNC(=O)c1ccc(N)c(NC2CCCC2SC)c1. The van der Waals surface area contributed by atoms with Crippen molar-refractivity contribution >= 4 is 29.0 Å². The molecule has 4 nitrogen and oxygen atoms in total. The van der Waals surface area contributed by atoms with Crippen LogP contribution < -0.4 is 16.4 Å². The molecule has 0 aromatic heterocycles. The highest BCUT2D eigenvalue weighted by Crippen LogP contribution is 2.32. The maximum absolute atomic E-state index is 11.9. The van der Waals surface area contributed by atoms with Crippen molar-refractivity contribution in [3.63, 3.8) is 0 Å². The third kappa shape index (κ3) is 3.39. The highest BCUT2D eigenvalue weighted by molar-refractivity contribution is 7.99. The van der Waals surface area contributed by atoms with Crippen LogP contribution in [-0.4, -0.2) is 30.0 Å². The average Bonchev–Trinajstić information content (AvgIpc) is 2.88. The van der Waals surface area contributed by atoms with Gasteiger partial charge in [-0.1, -0.05) is 6.42 Å². The second-order valence-electron chi connectivity index (χ2n) is 5.12. The zero-order valence-corrected chi connectivity index (χ0v) is 12.9. The van der Waals surface area contributed by atoms with Gasteiger partial charge in [-0.3, -0.25) is 4.79 Å². The first-order chi connectivity index (χ1) is 9.65. The first-order valence-electron chi connectivity index (χ1n) is 7.12. The van der Waals surface area contributed by atoms with Gasteiger partial charge in [0, 0.05) is 23.4 Å². The van der Waals surface area contributed by atoms with Crippen molar-refractivity contribution < 1.29 is 4.79 Å². The molecular weight excluding hydrogens is 270 g/mol. The molecule has 1 aliphatic rings. The average molecular weight is 293 g/mol. The van der Waals surface area contributed by atoms with Gasteiger partial charge in [0.1, 0.15) is 0 Å². The predicted molar refractivity (Wildman–Crippen MR) is 87.4 cm³/mol. The summed E-state index contributed by atoms with van der Waals surface area (Å²) >= 11 is 1.90. The fourth-order valence-corrected chi connectivity index (χ4v) is 3.59. The van der Waals surface area contributed by atoms with Crippen molar-refractivity contribution in [1.82, 2.24) is 5.32 Å². The Balaban J connectivity index is 2.14. The number of hydrogen-bond acceptors (Lipinski definition) is 4. The molecule has 0 heterocycles. The second kappa shape index (κ2) is 6.88. The number of nitrogens with two attached hydrogens (primary N) is 1. The quantitative estimate of drug-likeness (QED) is 0.730. The van der Waals surface area contributed by atoms with E-state index in [-0.39, 0.29) is 5.91 Å². The summed E-state index contributed by atoms with van der Waals surface area (Å²) in [5.41, 5.74) is 8.26. The fraction of sp³-hybridized carbons (Fsp3) is 0.533. The Bertz CT molecular complexity index is 478. The molecular formula is C15H23N3OS. The third-order valence-electron chi connectivity index (χ3n) is 3.75. The van der Waals surface area contributed by atoms with E-state index in [9.17, 15) is 4.79 Å². The molecule has 0 radical (unpaired) electrons. The van der Waals surface area contributed by atoms with E-state index in [2.05, 4.69) is 16.9 Å². The lowest BCUT2D eigenvalue weighted by molar-refractivity contribution is 0.0956. The van der Waals surface area contributed by atoms with E-state index >= 15 is 0 Å². The van der Waals surface area contributed by atoms with E-state index in [4.69, 9.17) is 5.73 Å². The Morgan fingerprint density at radius 1 is 1.45 bits per heavy atom. The molecule has 1 saturated carbocycles. The van der Waals surface area contributed by atoms with Crippen LogP contribution in [-0.2, 0) is 0 Å². The summed E-state index contributed by atoms with van der Waals surface area (Å²) in [6.45, 7) is 2.54. The van der Waals surface area contributed by atoms with Crippen molar-refractivity contribution in [3.05, 3.63) is 23.8 Å². The number of nitrogens with one attached hydrogen (secondary N) is 2. The molecule has 110 valence electrons. The minimum Gasteiger partial charge on any atom is -0.397 e. The van der Waals surface area contributed by atoms with Crippen LogP contribution in [0.25, 0.3) is 0 Å². The van der Waals surface area contributed by atoms with Gasteiger partial charge in [-0.15, -0.1) is 0 Å². The Morgan fingerprint density at radius 3 is 2.95 bits per heavy atom. The van der Waals surface area contributed by atoms with E-state index in [1.165, 1.54) is 12.8 Å². The smallest absolute Gasteiger partial charge is 0.251 e. The number of rotatable bonds is 5. The fourth-order valence-electron chi connectivity index (χ4n) is 2.66. The number of nitrogen functional groups attached to an aromatic ring is 1. The summed E-state index contributed by atoms with van der Waals surface area (Å²) in [5, 5.41) is 6.96. The first kappa shape index (κ1) is 15.0. The topological polar surface area (TPSA) is 67.2 Å². The number of benzene rings is 1. The first-order valence-corrected chi connectivity index (χ1v) is 8.41. The van der Waals surface area contributed by atoms with Crippen LogP contribution >= 0.6 is 11.8 Å². The summed E-state index contributed by atoms with van der Waals surface area (Å²) in [5.74, 6) is -0.0524. The van der Waals surface area contributed by atoms with Crippen molar-refractivity contribution in [1.29, 1.82) is 0 Å². The standard InChI is InChI=1S/C15H23N3OS/c1-3-17-15(19)10-7-8-11(16)13(9-10)18-12-5-4-6-14(12)20-2/h7-9,12,14,18H,3-6,16H2,1-2H3,(H,17,19). The monoisotopic (exact) mass is 293 g/mol. The van der Waals surface area contributed by atoms with Gasteiger partial charge in [-0.2, -0.15) is 11.8 Å². The van der Waals surface area contributed by atoms with Crippen LogP contribution in [0.4, 0.5) is 11.4 Å². The van der Waals surface area contributed by atoms with Gasteiger partial charge in [0.2, 0.25) is 0 Å². The maximum Gasteiger partial charge on any atom is 0.251 e. The number of anilines is 2. The van der Waals surface area contributed by atoms with Gasteiger partial charge < -0.3 is 16.4 Å². The lowest BCUT2D eigenvalue weighted by Gasteiger charge is -2.21. The highest BCUT2D eigenvalue weighted by atomic mass is 32.2. The van der Waals surface area contributed by atoms with E-state index in [1.54, 1.807) is 12.1 Å². The summed E-state index contributed by atoms with van der Waals surface area (Å²) in [6.07, 6.45) is 5.81. The van der Waals surface area contributed by atoms with Crippen LogP contribution in [0, 0.1) is 0 Å². The summed E-state index contributed by atoms with van der Waals surface area (Å²) < 4.78 is 0. The molecule has 0 saturated heterocycles. The number of amides is 1. The molecule has 1 aliphatic carbocycles. The Labute approximate surface area is 124 Å². The summed E-state index contributed by atoms with van der Waals surface area (Å²) in [4.78, 5) is 11.9. The number of hydrogen-bond donors (Lipinski definition) is 3. The molecule has 5 heteroatoms. The molecule has 2 unspecified atom stereocenters. The predicted octanol–water partition coefficient (Wildman–Crippen LogP) is 2.71. The molecule has 0 spiro atoms. The molecule has 1 fully saturated rings. The molecule has 1 aromatic carbocycles. The van der Waals surface area contributed by atoms with Crippen LogP contribution in [0.5, 0.6) is 0 Å². The summed E-state index contributed by atoms with van der Waals surface area (Å²) in [7, 11) is 0. The molecule has 0 aliphatic heterocycles. The number of carbonyl (C=O) groups excluding carboxylic acids is 1. The van der Waals surface area contributed by atoms with Gasteiger partial charge >= 0.3 is 0 Å². The molecule has 20 heavy (non-hydrogen) atoms. The van der Waals surface area contributed by atoms with Crippen LogP contribution in [0.1, 0.15) is 36.5 Å². The molecule has 2 atom stereocenters. The van der Waals surface area contributed by atoms with Gasteiger partial charge in [0.25, 0.3) is 5.91 Å². The maximum atomic E-state index is 11.9. The van der Waals surface area contributed by atoms with Gasteiger partial charge in [0.05, 0.1) is 11.4 Å². The zero-order valence-electron chi connectivity index (χ0n) is 12.1. The minimum atomic E-state index is -0.0524. The Morgan fingerprint density at radius 2 is 2.25 bits per heavy atom. The van der Waals surface area contributed by atoms with E-state index in [1.807, 2.05) is 24.8 Å². The molecule has 0 bridgehead atoms. The van der Waals surface area contributed by atoms with Gasteiger partial charge in [-0.05, 0) is 44.2 Å². The summed E-state index contributed by atoms with van der Waals surface area (Å²) in [6, 6.07) is 5.87. The normalized spacial score (nSPS) is 21.7. The largest absolute Gasteiger partial charge is 0.397 e. The molecule has 1 aromatic rings. The Kier molecular flexibility index (Phi) is 5.17. The van der Waals surface area contributed by atoms with E-state index in [0.29, 0.717) is 29.1 Å². The minimum absolute atomic E-state index is 0.0524. The molecule has 4 N–H and O–H groups in total. The number of thioether (sulfide) groups is 1. The Hall–Kier alpha value is -1.36. The van der Waals surface area contributed by atoms with Crippen molar-refractivity contribution in [2.75, 3.05) is 23.9 Å². The second-order valence-corrected chi connectivity index (χ2v) is 6.19. The number of carbonyl (C=O) groups is 1. The lowest BCUT2D eigenvalue weighted by Crippen LogP contribution is -2.27. The molecule has 2 rings (SSSR count).